The van der Waals surface area contributed by atoms with E-state index in [9.17, 15) is 19.1 Å². The van der Waals surface area contributed by atoms with Gasteiger partial charge in [-0.1, -0.05) is 12.1 Å². The van der Waals surface area contributed by atoms with Crippen LogP contribution in [-0.4, -0.2) is 79.2 Å². The molecule has 0 unspecified atom stereocenters. The van der Waals surface area contributed by atoms with E-state index in [4.69, 9.17) is 14.2 Å². The van der Waals surface area contributed by atoms with E-state index in [0.717, 1.165) is 19.6 Å². The van der Waals surface area contributed by atoms with Crippen molar-refractivity contribution in [2.75, 3.05) is 52.6 Å². The van der Waals surface area contributed by atoms with Crippen LogP contribution in [-0.2, 0) is 14.3 Å². The monoisotopic (exact) mass is 482 g/mol. The number of Topliss-reactive ketones (excluding diaryl/α,β-unsaturated/α-hetero) is 1. The fourth-order valence-electron chi connectivity index (χ4n) is 4.74. The Morgan fingerprint density at radius 2 is 1.66 bits per heavy atom. The van der Waals surface area contributed by atoms with Crippen LogP contribution in [0.1, 0.15) is 23.6 Å². The molecular formula is C26H27FN2O6. The summed E-state index contributed by atoms with van der Waals surface area (Å²) in [4.78, 5) is 30.0. The van der Waals surface area contributed by atoms with E-state index in [0.29, 0.717) is 62.0 Å². The Bertz CT molecular complexity index is 1140. The molecule has 1 atom stereocenters. The zero-order chi connectivity index (χ0) is 24.4. The molecule has 8 nitrogen and oxygen atoms in total. The van der Waals surface area contributed by atoms with E-state index in [2.05, 4.69) is 4.90 Å². The Hall–Kier alpha value is -3.43. The number of hydrogen-bond acceptors (Lipinski definition) is 7. The molecule has 1 amide bonds. The van der Waals surface area contributed by atoms with Crippen molar-refractivity contribution in [1.29, 1.82) is 0 Å². The maximum absolute atomic E-state index is 13.7. The third-order valence-corrected chi connectivity index (χ3v) is 6.52. The van der Waals surface area contributed by atoms with Crippen LogP contribution < -0.4 is 9.47 Å². The molecule has 2 aromatic carbocycles. The molecule has 5 rings (SSSR count). The van der Waals surface area contributed by atoms with Gasteiger partial charge in [-0.2, -0.15) is 0 Å². The van der Waals surface area contributed by atoms with Crippen molar-refractivity contribution in [2.45, 2.75) is 12.5 Å². The number of nitrogens with zero attached hydrogens (tertiary/aromatic N) is 2. The van der Waals surface area contributed by atoms with Crippen molar-refractivity contribution in [3.05, 3.63) is 65.0 Å². The molecule has 2 aromatic rings. The third kappa shape index (κ3) is 4.74. The Morgan fingerprint density at radius 3 is 2.40 bits per heavy atom. The number of ketones is 1. The number of aliphatic hydroxyl groups excluding tert-OH is 1. The lowest BCUT2D eigenvalue weighted by molar-refractivity contribution is -0.140. The van der Waals surface area contributed by atoms with Crippen LogP contribution >= 0.6 is 0 Å². The fourth-order valence-corrected chi connectivity index (χ4v) is 4.74. The van der Waals surface area contributed by atoms with Gasteiger partial charge in [-0.25, -0.2) is 4.39 Å². The molecule has 184 valence electrons. The van der Waals surface area contributed by atoms with Crippen molar-refractivity contribution in [3.63, 3.8) is 0 Å². The summed E-state index contributed by atoms with van der Waals surface area (Å²) in [6, 6.07) is 9.70. The Balaban J connectivity index is 1.48. The number of ether oxygens (including phenoxy) is 3. The van der Waals surface area contributed by atoms with Crippen LogP contribution in [0, 0.1) is 5.82 Å². The third-order valence-electron chi connectivity index (χ3n) is 6.52. The second-order valence-corrected chi connectivity index (χ2v) is 8.71. The highest BCUT2D eigenvalue weighted by atomic mass is 19.1. The molecule has 0 spiro atoms. The van der Waals surface area contributed by atoms with Crippen LogP contribution in [0.2, 0.25) is 0 Å². The normalized spacial score (nSPS) is 22.0. The second kappa shape index (κ2) is 10.1. The quantitative estimate of drug-likeness (QED) is 0.385. The van der Waals surface area contributed by atoms with Crippen molar-refractivity contribution in [1.82, 2.24) is 9.80 Å². The maximum Gasteiger partial charge on any atom is 0.295 e. The van der Waals surface area contributed by atoms with Crippen molar-refractivity contribution in [2.24, 2.45) is 0 Å². The summed E-state index contributed by atoms with van der Waals surface area (Å²) < 4.78 is 30.2. The molecule has 0 radical (unpaired) electrons. The number of benzene rings is 2. The number of aliphatic hydroxyl groups is 1. The molecule has 35 heavy (non-hydrogen) atoms. The topological polar surface area (TPSA) is 88.5 Å². The zero-order valence-electron chi connectivity index (χ0n) is 19.2. The number of amides is 1. The van der Waals surface area contributed by atoms with Gasteiger partial charge in [0.1, 0.15) is 24.8 Å². The molecule has 0 aliphatic carbocycles. The standard InChI is InChI=1S/C26H27FN2O6/c27-19-5-2-17(3-6-19)23-22(24(30)18-4-7-20-21(16-18)35-15-14-34-20)25(31)26(32)29(23)9-1-8-28-10-12-33-13-11-28/h2-7,16,23,30H,1,8-15H2/b24-22+/t23-/m0/s1. The van der Waals surface area contributed by atoms with E-state index < -0.39 is 23.5 Å². The minimum Gasteiger partial charge on any atom is -0.507 e. The van der Waals surface area contributed by atoms with Gasteiger partial charge >= 0.3 is 0 Å². The summed E-state index contributed by atoms with van der Waals surface area (Å²) in [5.74, 6) is -1.17. The number of carbonyl (C=O) groups is 2. The predicted molar refractivity (Wildman–Crippen MR) is 125 cm³/mol. The Kier molecular flexibility index (Phi) is 6.70. The van der Waals surface area contributed by atoms with E-state index in [1.807, 2.05) is 0 Å². The number of hydrogen-bond donors (Lipinski definition) is 1. The lowest BCUT2D eigenvalue weighted by Crippen LogP contribution is -2.38. The fraction of sp³-hybridized carbons (Fsp3) is 0.385. The SMILES string of the molecule is O=C1C(=O)N(CCCN2CCOCC2)[C@@H](c2ccc(F)cc2)/C1=C(\O)c1ccc2c(c1)OCCO2. The minimum atomic E-state index is -0.825. The summed E-state index contributed by atoms with van der Waals surface area (Å²) in [6.45, 7) is 4.88. The summed E-state index contributed by atoms with van der Waals surface area (Å²) in [7, 11) is 0. The van der Waals surface area contributed by atoms with Gasteiger partial charge in [-0.3, -0.25) is 14.5 Å². The summed E-state index contributed by atoms with van der Waals surface area (Å²) in [5, 5.41) is 11.2. The highest BCUT2D eigenvalue weighted by molar-refractivity contribution is 6.46. The van der Waals surface area contributed by atoms with Crippen LogP contribution in [0.25, 0.3) is 5.76 Å². The summed E-state index contributed by atoms with van der Waals surface area (Å²) >= 11 is 0. The highest BCUT2D eigenvalue weighted by Gasteiger charge is 2.46. The number of fused-ring (bicyclic) bond motifs is 1. The van der Waals surface area contributed by atoms with Gasteiger partial charge in [0.15, 0.2) is 11.5 Å². The predicted octanol–water partition coefficient (Wildman–Crippen LogP) is 2.74. The van der Waals surface area contributed by atoms with Gasteiger partial charge in [-0.05, 0) is 42.3 Å². The highest BCUT2D eigenvalue weighted by Crippen LogP contribution is 2.41. The molecule has 0 saturated carbocycles. The minimum absolute atomic E-state index is 0.0235. The van der Waals surface area contributed by atoms with Crippen LogP contribution in [0.15, 0.2) is 48.0 Å². The van der Waals surface area contributed by atoms with Gasteiger partial charge in [-0.15, -0.1) is 0 Å². The molecule has 1 N–H and O–H groups in total. The Morgan fingerprint density at radius 1 is 0.943 bits per heavy atom. The molecule has 3 heterocycles. The molecule has 3 aliphatic rings. The van der Waals surface area contributed by atoms with Gasteiger partial charge < -0.3 is 24.2 Å². The first kappa shape index (κ1) is 23.3. The molecule has 0 aromatic heterocycles. The summed E-state index contributed by atoms with van der Waals surface area (Å²) in [6.07, 6.45) is 0.648. The zero-order valence-corrected chi connectivity index (χ0v) is 19.2. The van der Waals surface area contributed by atoms with Crippen LogP contribution in [0.3, 0.4) is 0 Å². The van der Waals surface area contributed by atoms with E-state index >= 15 is 0 Å². The lowest BCUT2D eigenvalue weighted by Gasteiger charge is -2.29. The van der Waals surface area contributed by atoms with Gasteiger partial charge in [0.2, 0.25) is 0 Å². The first-order valence-corrected chi connectivity index (χ1v) is 11.8. The van der Waals surface area contributed by atoms with Gasteiger partial charge in [0.05, 0.1) is 24.8 Å². The average Bonchev–Trinajstić information content (AvgIpc) is 3.14. The number of likely N-dealkylation sites (tertiary alicyclic amines) is 1. The van der Waals surface area contributed by atoms with Crippen molar-refractivity contribution in [3.8, 4) is 11.5 Å². The first-order valence-electron chi connectivity index (χ1n) is 11.8. The smallest absolute Gasteiger partial charge is 0.295 e. The number of carbonyl (C=O) groups excluding carboxylic acids is 2. The Labute approximate surface area is 202 Å². The van der Waals surface area contributed by atoms with E-state index in [1.165, 1.54) is 29.2 Å². The summed E-state index contributed by atoms with van der Waals surface area (Å²) in [5.41, 5.74) is 0.869. The van der Waals surface area contributed by atoms with Crippen LogP contribution in [0.4, 0.5) is 4.39 Å². The number of halogens is 1. The lowest BCUT2D eigenvalue weighted by atomic mass is 9.95. The molecule has 2 saturated heterocycles. The molecule has 9 heteroatoms. The maximum atomic E-state index is 13.7. The largest absolute Gasteiger partial charge is 0.507 e. The average molecular weight is 483 g/mol. The molecule has 0 bridgehead atoms. The second-order valence-electron chi connectivity index (χ2n) is 8.71. The number of rotatable bonds is 6. The van der Waals surface area contributed by atoms with Crippen molar-refractivity contribution < 1.29 is 33.3 Å². The molecule has 2 fully saturated rings. The first-order chi connectivity index (χ1) is 17.0. The van der Waals surface area contributed by atoms with Gasteiger partial charge in [0.25, 0.3) is 11.7 Å². The van der Waals surface area contributed by atoms with Crippen molar-refractivity contribution >= 4 is 17.4 Å². The van der Waals surface area contributed by atoms with E-state index in [-0.39, 0.29) is 11.3 Å². The number of morpholine rings is 1. The molecular weight excluding hydrogens is 455 g/mol. The molecule has 3 aliphatic heterocycles. The van der Waals surface area contributed by atoms with Crippen LogP contribution in [0.5, 0.6) is 11.5 Å². The van der Waals surface area contributed by atoms with E-state index in [1.54, 1.807) is 18.2 Å². The van der Waals surface area contributed by atoms with Gasteiger partial charge in [0, 0.05) is 31.7 Å².